The molecule has 1 atom stereocenters. The van der Waals surface area contributed by atoms with E-state index in [0.29, 0.717) is 11.0 Å². The van der Waals surface area contributed by atoms with E-state index in [1.165, 1.54) is 14.0 Å². The van der Waals surface area contributed by atoms with Gasteiger partial charge in [0.2, 0.25) is 0 Å². The van der Waals surface area contributed by atoms with Crippen LogP contribution in [0.25, 0.3) is 11.0 Å². The van der Waals surface area contributed by atoms with Crippen molar-refractivity contribution < 1.29 is 19.0 Å². The van der Waals surface area contributed by atoms with Crippen molar-refractivity contribution in [3.05, 3.63) is 23.8 Å². The third-order valence-electron chi connectivity index (χ3n) is 2.77. The van der Waals surface area contributed by atoms with Gasteiger partial charge in [-0.1, -0.05) is 12.1 Å². The number of nitrogens with zero attached hydrogens (tertiary/aromatic N) is 2. The van der Waals surface area contributed by atoms with Crippen molar-refractivity contribution in [1.29, 1.82) is 0 Å². The zero-order valence-electron chi connectivity index (χ0n) is 10.0. The van der Waals surface area contributed by atoms with Crippen molar-refractivity contribution >= 4 is 22.8 Å². The van der Waals surface area contributed by atoms with Crippen LogP contribution in [0.5, 0.6) is 0 Å². The smallest absolute Gasteiger partial charge is 0.316 e. The van der Waals surface area contributed by atoms with Gasteiger partial charge in [0.15, 0.2) is 0 Å². The molecule has 0 amide bonds. The highest BCUT2D eigenvalue weighted by molar-refractivity contribution is 5.98. The molecule has 0 fully saturated rings. The fraction of sp³-hybridized carbons (Fsp3) is 0.333. The summed E-state index contributed by atoms with van der Waals surface area (Å²) in [6.07, 6.45) is 0.230. The normalized spacial score (nSPS) is 12.3. The highest BCUT2D eigenvalue weighted by atomic mass is 16.6. The van der Waals surface area contributed by atoms with Crippen LogP contribution in [0.2, 0.25) is 0 Å². The van der Waals surface area contributed by atoms with Gasteiger partial charge in [-0.25, -0.2) is 4.63 Å². The van der Waals surface area contributed by atoms with E-state index in [-0.39, 0.29) is 12.2 Å². The van der Waals surface area contributed by atoms with Crippen molar-refractivity contribution in [2.75, 3.05) is 7.11 Å². The number of hydrogen-bond acceptors (Lipinski definition) is 6. The molecule has 0 bridgehead atoms. The Morgan fingerprint density at radius 2 is 2.17 bits per heavy atom. The Bertz CT molecular complexity index is 591. The first-order valence-corrected chi connectivity index (χ1v) is 5.42. The lowest BCUT2D eigenvalue weighted by atomic mass is 9.95. The molecule has 1 aromatic heterocycles. The van der Waals surface area contributed by atoms with Crippen LogP contribution in [0, 0.1) is 5.92 Å². The topological polar surface area (TPSA) is 82.3 Å². The summed E-state index contributed by atoms with van der Waals surface area (Å²) in [5.41, 5.74) is 1.90. The fourth-order valence-electron chi connectivity index (χ4n) is 1.78. The van der Waals surface area contributed by atoms with Gasteiger partial charge >= 0.3 is 5.97 Å². The molecule has 0 N–H and O–H groups in total. The third-order valence-corrected chi connectivity index (χ3v) is 2.77. The number of ether oxygens (including phenoxy) is 1. The average Bonchev–Trinajstić information content (AvgIpc) is 2.83. The Kier molecular flexibility index (Phi) is 3.36. The van der Waals surface area contributed by atoms with Crippen molar-refractivity contribution in [2.24, 2.45) is 5.92 Å². The van der Waals surface area contributed by atoms with Gasteiger partial charge in [-0.2, -0.15) is 0 Å². The Hall–Kier alpha value is -2.24. The lowest BCUT2D eigenvalue weighted by molar-refractivity contribution is -0.148. The number of methoxy groups -OCH3 is 1. The number of carbonyl (C=O) groups excluding carboxylic acids is 2. The summed E-state index contributed by atoms with van der Waals surface area (Å²) in [7, 11) is 1.26. The summed E-state index contributed by atoms with van der Waals surface area (Å²) in [5, 5.41) is 7.48. The maximum Gasteiger partial charge on any atom is 0.316 e. The van der Waals surface area contributed by atoms with Crippen LogP contribution in [-0.4, -0.2) is 29.2 Å². The Morgan fingerprint density at radius 3 is 2.83 bits per heavy atom. The second-order valence-corrected chi connectivity index (χ2v) is 3.94. The minimum atomic E-state index is -0.822. The molecule has 1 aromatic carbocycles. The van der Waals surface area contributed by atoms with Crippen molar-refractivity contribution in [3.8, 4) is 0 Å². The standard InChI is InChI=1S/C12H12N2O4/c1-7(15)9(12(16)17-2)6-8-4-3-5-10-11(8)14-18-13-10/h3-5,9H,6H2,1-2H3. The maximum atomic E-state index is 11.5. The fourth-order valence-corrected chi connectivity index (χ4v) is 1.78. The summed E-state index contributed by atoms with van der Waals surface area (Å²) in [6.45, 7) is 1.36. The van der Waals surface area contributed by atoms with Gasteiger partial charge < -0.3 is 4.74 Å². The lowest BCUT2D eigenvalue weighted by Crippen LogP contribution is -2.25. The molecule has 94 valence electrons. The number of Topliss-reactive ketones (excluding diaryl/α,β-unsaturated/α-hetero) is 1. The number of aromatic nitrogens is 2. The first-order valence-electron chi connectivity index (χ1n) is 5.42. The minimum absolute atomic E-state index is 0.230. The zero-order valence-corrected chi connectivity index (χ0v) is 10.0. The molecule has 0 aliphatic rings. The molecule has 2 aromatic rings. The molecule has 0 aliphatic carbocycles. The number of rotatable bonds is 4. The van der Waals surface area contributed by atoms with Gasteiger partial charge in [0.05, 0.1) is 7.11 Å². The highest BCUT2D eigenvalue weighted by Crippen LogP contribution is 2.19. The van der Waals surface area contributed by atoms with Crippen LogP contribution in [0.15, 0.2) is 22.8 Å². The van der Waals surface area contributed by atoms with Gasteiger partial charge in [0.1, 0.15) is 22.7 Å². The Morgan fingerprint density at radius 1 is 1.39 bits per heavy atom. The SMILES string of the molecule is COC(=O)C(Cc1cccc2nonc12)C(C)=O. The maximum absolute atomic E-state index is 11.5. The molecule has 0 aliphatic heterocycles. The summed E-state index contributed by atoms with van der Waals surface area (Å²) in [4.78, 5) is 23.0. The predicted octanol–water partition coefficient (Wildman–Crippen LogP) is 1.14. The molecule has 1 unspecified atom stereocenters. The molecule has 1 heterocycles. The van der Waals surface area contributed by atoms with Gasteiger partial charge in [0.25, 0.3) is 0 Å². The second-order valence-electron chi connectivity index (χ2n) is 3.94. The van der Waals surface area contributed by atoms with E-state index in [1.807, 2.05) is 0 Å². The summed E-state index contributed by atoms with van der Waals surface area (Å²) < 4.78 is 9.25. The minimum Gasteiger partial charge on any atom is -0.468 e. The van der Waals surface area contributed by atoms with Crippen LogP contribution < -0.4 is 0 Å². The average molecular weight is 248 g/mol. The zero-order chi connectivity index (χ0) is 13.1. The molecule has 2 rings (SSSR count). The molecule has 18 heavy (non-hydrogen) atoms. The van der Waals surface area contributed by atoms with Crippen LogP contribution in [0.1, 0.15) is 12.5 Å². The molecule has 0 radical (unpaired) electrons. The summed E-state index contributed by atoms with van der Waals surface area (Å²) >= 11 is 0. The van der Waals surface area contributed by atoms with E-state index >= 15 is 0 Å². The van der Waals surface area contributed by atoms with Gasteiger partial charge in [0, 0.05) is 0 Å². The number of fused-ring (bicyclic) bond motifs is 1. The largest absolute Gasteiger partial charge is 0.468 e. The third kappa shape index (κ3) is 2.22. The molecular weight excluding hydrogens is 236 g/mol. The predicted molar refractivity (Wildman–Crippen MR) is 61.7 cm³/mol. The quantitative estimate of drug-likeness (QED) is 0.596. The second kappa shape index (κ2) is 4.95. The van der Waals surface area contributed by atoms with Gasteiger partial charge in [-0.15, -0.1) is 0 Å². The molecule has 6 heteroatoms. The molecule has 0 spiro atoms. The Balaban J connectivity index is 2.34. The van der Waals surface area contributed by atoms with Crippen LogP contribution in [0.4, 0.5) is 0 Å². The number of esters is 1. The lowest BCUT2D eigenvalue weighted by Gasteiger charge is -2.11. The van der Waals surface area contributed by atoms with E-state index in [2.05, 4.69) is 19.7 Å². The number of benzene rings is 1. The first kappa shape index (κ1) is 12.2. The van der Waals surface area contributed by atoms with E-state index in [0.717, 1.165) is 5.56 Å². The van der Waals surface area contributed by atoms with E-state index in [1.54, 1.807) is 18.2 Å². The van der Waals surface area contributed by atoms with E-state index in [9.17, 15) is 9.59 Å². The van der Waals surface area contributed by atoms with Crippen LogP contribution in [-0.2, 0) is 20.7 Å². The highest BCUT2D eigenvalue weighted by Gasteiger charge is 2.25. The molecule has 0 saturated carbocycles. The van der Waals surface area contributed by atoms with Gasteiger partial charge in [-0.3, -0.25) is 9.59 Å². The van der Waals surface area contributed by atoms with Crippen molar-refractivity contribution in [2.45, 2.75) is 13.3 Å². The molecule has 0 saturated heterocycles. The molecular formula is C12H12N2O4. The van der Waals surface area contributed by atoms with Crippen LogP contribution in [0.3, 0.4) is 0 Å². The Labute approximate surface area is 103 Å². The number of carbonyl (C=O) groups is 2. The van der Waals surface area contributed by atoms with E-state index in [4.69, 9.17) is 0 Å². The van der Waals surface area contributed by atoms with E-state index < -0.39 is 11.9 Å². The summed E-state index contributed by atoms with van der Waals surface area (Å²) in [5.74, 6) is -1.61. The van der Waals surface area contributed by atoms with Crippen LogP contribution >= 0.6 is 0 Å². The van der Waals surface area contributed by atoms with Gasteiger partial charge in [-0.05, 0) is 35.3 Å². The van der Waals surface area contributed by atoms with Crippen molar-refractivity contribution in [3.63, 3.8) is 0 Å². The number of ketones is 1. The first-order chi connectivity index (χ1) is 8.63. The monoisotopic (exact) mass is 248 g/mol. The summed E-state index contributed by atoms with van der Waals surface area (Å²) in [6, 6.07) is 5.30. The molecule has 6 nitrogen and oxygen atoms in total. The number of hydrogen-bond donors (Lipinski definition) is 0. The van der Waals surface area contributed by atoms with Crippen molar-refractivity contribution in [1.82, 2.24) is 10.3 Å².